The van der Waals surface area contributed by atoms with Crippen molar-refractivity contribution in [3.8, 4) is 0 Å². The summed E-state index contributed by atoms with van der Waals surface area (Å²) in [6, 6.07) is 0. The summed E-state index contributed by atoms with van der Waals surface area (Å²) in [6.45, 7) is 11.1. The number of nitrogens with two attached hydrogens (primary N) is 1. The maximum absolute atomic E-state index is 5.87. The summed E-state index contributed by atoms with van der Waals surface area (Å²) < 4.78 is 0. The van der Waals surface area contributed by atoms with E-state index in [2.05, 4.69) is 33.0 Å². The molecule has 0 radical (unpaired) electrons. The average molecular weight is 226 g/mol. The molecule has 1 aliphatic rings. The molecule has 0 heterocycles. The lowest BCUT2D eigenvalue weighted by molar-refractivity contribution is 0.160. The zero-order valence-corrected chi connectivity index (χ0v) is 11.6. The molecule has 1 saturated carbocycles. The first-order chi connectivity index (χ1) is 7.41. The molecule has 0 aromatic heterocycles. The lowest BCUT2D eigenvalue weighted by Gasteiger charge is -2.43. The number of nitrogens with one attached hydrogen (secondary N) is 1. The first-order valence-corrected chi connectivity index (χ1v) is 6.86. The molecule has 1 fully saturated rings. The van der Waals surface area contributed by atoms with Crippen molar-refractivity contribution in [3.05, 3.63) is 0 Å². The Kier molecular flexibility index (Phi) is 4.81. The van der Waals surface area contributed by atoms with Gasteiger partial charge in [0.25, 0.3) is 0 Å². The van der Waals surface area contributed by atoms with Crippen LogP contribution in [0.4, 0.5) is 0 Å². The van der Waals surface area contributed by atoms with Gasteiger partial charge in [-0.25, -0.2) is 0 Å². The second-order valence-electron chi connectivity index (χ2n) is 6.73. The Morgan fingerprint density at radius 1 is 1.31 bits per heavy atom. The Hall–Kier alpha value is -0.0800. The summed E-state index contributed by atoms with van der Waals surface area (Å²) >= 11 is 0. The Morgan fingerprint density at radius 2 is 1.94 bits per heavy atom. The third kappa shape index (κ3) is 4.06. The second kappa shape index (κ2) is 5.50. The van der Waals surface area contributed by atoms with E-state index in [0.29, 0.717) is 16.9 Å². The van der Waals surface area contributed by atoms with Crippen LogP contribution in [0.2, 0.25) is 0 Å². The maximum atomic E-state index is 5.87. The zero-order chi connectivity index (χ0) is 12.2. The van der Waals surface area contributed by atoms with Crippen LogP contribution in [0.15, 0.2) is 0 Å². The van der Waals surface area contributed by atoms with Crippen LogP contribution < -0.4 is 11.1 Å². The molecule has 0 aliphatic heterocycles. The highest BCUT2D eigenvalue weighted by atomic mass is 15.0. The first-order valence-electron chi connectivity index (χ1n) is 6.86. The van der Waals surface area contributed by atoms with Gasteiger partial charge >= 0.3 is 0 Å². The molecule has 2 heteroatoms. The van der Waals surface area contributed by atoms with Gasteiger partial charge in [-0.1, -0.05) is 27.7 Å². The van der Waals surface area contributed by atoms with E-state index in [1.54, 1.807) is 0 Å². The maximum Gasteiger partial charge on any atom is 0.0179 e. The lowest BCUT2D eigenvalue weighted by Crippen LogP contribution is -2.52. The van der Waals surface area contributed by atoms with Gasteiger partial charge in [0.15, 0.2) is 0 Å². The largest absolute Gasteiger partial charge is 0.330 e. The van der Waals surface area contributed by atoms with Crippen molar-refractivity contribution < 1.29 is 0 Å². The van der Waals surface area contributed by atoms with E-state index >= 15 is 0 Å². The van der Waals surface area contributed by atoms with E-state index in [4.69, 9.17) is 5.73 Å². The highest BCUT2D eigenvalue weighted by molar-refractivity contribution is 4.95. The molecule has 0 aromatic rings. The highest BCUT2D eigenvalue weighted by Crippen LogP contribution is 2.35. The minimum atomic E-state index is 0.394. The van der Waals surface area contributed by atoms with Gasteiger partial charge in [0.1, 0.15) is 0 Å². The fourth-order valence-electron chi connectivity index (χ4n) is 2.72. The van der Waals surface area contributed by atoms with Gasteiger partial charge in [-0.2, -0.15) is 0 Å². The van der Waals surface area contributed by atoms with Crippen molar-refractivity contribution in [3.63, 3.8) is 0 Å². The van der Waals surface area contributed by atoms with E-state index in [0.717, 1.165) is 13.1 Å². The summed E-state index contributed by atoms with van der Waals surface area (Å²) in [7, 11) is 0. The van der Waals surface area contributed by atoms with Crippen LogP contribution in [0.3, 0.4) is 0 Å². The van der Waals surface area contributed by atoms with Gasteiger partial charge in [-0.15, -0.1) is 0 Å². The summed E-state index contributed by atoms with van der Waals surface area (Å²) in [5.41, 5.74) is 6.73. The summed E-state index contributed by atoms with van der Waals surface area (Å²) in [6.07, 6.45) is 6.59. The van der Waals surface area contributed by atoms with E-state index in [1.165, 1.54) is 32.1 Å². The minimum absolute atomic E-state index is 0.394. The third-order valence-electron chi connectivity index (χ3n) is 3.99. The molecule has 1 aliphatic carbocycles. The smallest absolute Gasteiger partial charge is 0.0179 e. The molecule has 16 heavy (non-hydrogen) atoms. The fraction of sp³-hybridized carbons (Fsp3) is 1.00. The van der Waals surface area contributed by atoms with E-state index in [1.807, 2.05) is 0 Å². The van der Waals surface area contributed by atoms with Gasteiger partial charge in [0.2, 0.25) is 0 Å². The predicted molar refractivity (Wildman–Crippen MR) is 71.5 cm³/mol. The van der Waals surface area contributed by atoms with Crippen molar-refractivity contribution in [1.29, 1.82) is 0 Å². The molecule has 0 saturated heterocycles. The van der Waals surface area contributed by atoms with E-state index < -0.39 is 0 Å². The normalized spacial score (nSPS) is 21.6. The van der Waals surface area contributed by atoms with Gasteiger partial charge < -0.3 is 11.1 Å². The van der Waals surface area contributed by atoms with Crippen LogP contribution in [0.5, 0.6) is 0 Å². The Morgan fingerprint density at radius 3 is 2.25 bits per heavy atom. The summed E-state index contributed by atoms with van der Waals surface area (Å²) in [5.74, 6) is 0.629. The number of rotatable bonds is 6. The number of hydrogen-bond donors (Lipinski definition) is 2. The van der Waals surface area contributed by atoms with Crippen molar-refractivity contribution in [2.75, 3.05) is 13.1 Å². The Labute approximate surface area is 101 Å². The molecule has 96 valence electrons. The third-order valence-corrected chi connectivity index (χ3v) is 3.99. The van der Waals surface area contributed by atoms with Gasteiger partial charge in [-0.05, 0) is 56.5 Å². The molecule has 3 N–H and O–H groups in total. The standard InChI is InChI=1S/C14H30N2/c1-5-14(7-6-8-14)16-11-12(10-15)9-13(2,3)4/h12,16H,5-11,15H2,1-4H3. The van der Waals surface area contributed by atoms with Crippen molar-refractivity contribution in [2.45, 2.75) is 65.3 Å². The molecule has 1 unspecified atom stereocenters. The fourth-order valence-corrected chi connectivity index (χ4v) is 2.72. The SMILES string of the molecule is CCC1(NCC(CN)CC(C)(C)C)CCC1. The molecule has 0 spiro atoms. The van der Waals surface area contributed by atoms with Crippen LogP contribution >= 0.6 is 0 Å². The number of hydrogen-bond acceptors (Lipinski definition) is 2. The highest BCUT2D eigenvalue weighted by Gasteiger charge is 2.34. The van der Waals surface area contributed by atoms with Crippen LogP contribution in [0.1, 0.15) is 59.8 Å². The predicted octanol–water partition coefficient (Wildman–Crippen LogP) is 2.92. The molecular formula is C14H30N2. The summed E-state index contributed by atoms with van der Waals surface area (Å²) in [5, 5.41) is 3.78. The van der Waals surface area contributed by atoms with Gasteiger partial charge in [0.05, 0.1) is 0 Å². The van der Waals surface area contributed by atoms with Gasteiger partial charge in [-0.3, -0.25) is 0 Å². The minimum Gasteiger partial charge on any atom is -0.330 e. The van der Waals surface area contributed by atoms with Crippen LogP contribution in [-0.4, -0.2) is 18.6 Å². The molecule has 1 atom stereocenters. The molecule has 1 rings (SSSR count). The van der Waals surface area contributed by atoms with Crippen LogP contribution in [0, 0.1) is 11.3 Å². The van der Waals surface area contributed by atoms with Crippen LogP contribution in [-0.2, 0) is 0 Å². The topological polar surface area (TPSA) is 38.0 Å². The lowest BCUT2D eigenvalue weighted by atomic mass is 9.74. The van der Waals surface area contributed by atoms with E-state index in [9.17, 15) is 0 Å². The monoisotopic (exact) mass is 226 g/mol. The molecule has 0 aromatic carbocycles. The molecule has 2 nitrogen and oxygen atoms in total. The van der Waals surface area contributed by atoms with Crippen molar-refractivity contribution in [1.82, 2.24) is 5.32 Å². The average Bonchev–Trinajstić information content (AvgIpc) is 2.13. The summed E-state index contributed by atoms with van der Waals surface area (Å²) in [4.78, 5) is 0. The van der Waals surface area contributed by atoms with Crippen molar-refractivity contribution >= 4 is 0 Å². The molecular weight excluding hydrogens is 196 g/mol. The zero-order valence-electron chi connectivity index (χ0n) is 11.6. The van der Waals surface area contributed by atoms with Gasteiger partial charge in [0, 0.05) is 5.54 Å². The molecule has 0 amide bonds. The van der Waals surface area contributed by atoms with Crippen LogP contribution in [0.25, 0.3) is 0 Å². The first kappa shape index (κ1) is 14.0. The molecule has 0 bridgehead atoms. The second-order valence-corrected chi connectivity index (χ2v) is 6.73. The van der Waals surface area contributed by atoms with E-state index in [-0.39, 0.29) is 0 Å². The van der Waals surface area contributed by atoms with Crippen molar-refractivity contribution in [2.24, 2.45) is 17.1 Å². The Balaban J connectivity index is 2.33. The quantitative estimate of drug-likeness (QED) is 0.731. The Bertz CT molecular complexity index is 196.